The van der Waals surface area contributed by atoms with Gasteiger partial charge >= 0.3 is 12.0 Å². The molecule has 0 aliphatic rings. The fourth-order valence-electron chi connectivity index (χ4n) is 1.45. The maximum atomic E-state index is 5.61. The molecule has 0 aliphatic heterocycles. The van der Waals surface area contributed by atoms with Gasteiger partial charge in [-0.3, -0.25) is 5.43 Å². The molecule has 0 radical (unpaired) electrons. The molecule has 1 atom stereocenters. The Balaban J connectivity index is 2.81. The van der Waals surface area contributed by atoms with Crippen LogP contribution in [0.1, 0.15) is 20.8 Å². The Bertz CT molecular complexity index is 399. The molecular weight excluding hydrogens is 248 g/mol. The summed E-state index contributed by atoms with van der Waals surface area (Å²) in [5, 5.41) is 0. The first-order chi connectivity index (χ1) is 8.90. The van der Waals surface area contributed by atoms with E-state index in [9.17, 15) is 0 Å². The second kappa shape index (κ2) is 7.05. The monoisotopic (exact) mass is 270 g/mol. The predicted molar refractivity (Wildman–Crippen MR) is 72.0 cm³/mol. The average Bonchev–Trinajstić information content (AvgIpc) is 2.26. The van der Waals surface area contributed by atoms with E-state index in [1.54, 1.807) is 0 Å². The van der Waals surface area contributed by atoms with Crippen LogP contribution in [0.4, 0.5) is 5.95 Å². The van der Waals surface area contributed by atoms with Crippen LogP contribution in [-0.4, -0.2) is 52.7 Å². The number of ether oxygens (including phenoxy) is 2. The van der Waals surface area contributed by atoms with Crippen LogP contribution in [0.2, 0.25) is 0 Å². The second-order valence-electron chi connectivity index (χ2n) is 4.73. The summed E-state index contributed by atoms with van der Waals surface area (Å²) in [4.78, 5) is 14.1. The molecule has 0 aliphatic carbocycles. The fraction of sp³-hybridized carbons (Fsp3) is 0.727. The highest BCUT2D eigenvalue weighted by molar-refractivity contribution is 5.25. The molecule has 8 heteroatoms. The topological polar surface area (TPSA) is 98.4 Å². The molecular formula is C11H22N6O2. The minimum absolute atomic E-state index is 0.0416. The van der Waals surface area contributed by atoms with Gasteiger partial charge in [0.1, 0.15) is 6.10 Å². The summed E-state index contributed by atoms with van der Waals surface area (Å²) in [6.07, 6.45) is -0.102. The molecule has 0 saturated carbocycles. The van der Waals surface area contributed by atoms with Gasteiger partial charge in [0, 0.05) is 6.54 Å². The van der Waals surface area contributed by atoms with Crippen LogP contribution >= 0.6 is 0 Å². The Kier molecular flexibility index (Phi) is 5.71. The van der Waals surface area contributed by atoms with Crippen molar-refractivity contribution in [2.45, 2.75) is 33.0 Å². The molecule has 0 fully saturated rings. The highest BCUT2D eigenvalue weighted by atomic mass is 16.5. The number of likely N-dealkylation sites (N-methyl/N-ethyl adjacent to an activating group) is 1. The lowest BCUT2D eigenvalue weighted by Crippen LogP contribution is -2.29. The second-order valence-corrected chi connectivity index (χ2v) is 4.73. The molecule has 0 saturated heterocycles. The lowest BCUT2D eigenvalue weighted by Gasteiger charge is -2.18. The van der Waals surface area contributed by atoms with Crippen LogP contribution in [0, 0.1) is 0 Å². The van der Waals surface area contributed by atoms with Gasteiger partial charge in [-0.1, -0.05) is 0 Å². The van der Waals surface area contributed by atoms with E-state index in [4.69, 9.17) is 15.3 Å². The zero-order chi connectivity index (χ0) is 14.4. The zero-order valence-electron chi connectivity index (χ0n) is 12.0. The Hall–Kier alpha value is -1.67. The summed E-state index contributed by atoms with van der Waals surface area (Å²) in [6, 6.07) is 0.373. The van der Waals surface area contributed by atoms with Crippen molar-refractivity contribution in [2.75, 3.05) is 26.1 Å². The molecule has 19 heavy (non-hydrogen) atoms. The first-order valence-corrected chi connectivity index (χ1v) is 6.11. The van der Waals surface area contributed by atoms with Gasteiger partial charge in [0.2, 0.25) is 5.95 Å². The lowest BCUT2D eigenvalue weighted by atomic mass is 10.4. The highest BCUT2D eigenvalue weighted by Gasteiger charge is 2.12. The Morgan fingerprint density at radius 2 is 1.68 bits per heavy atom. The minimum atomic E-state index is -0.0603. The normalized spacial score (nSPS) is 12.6. The number of nitrogens with zero attached hydrogens (tertiary/aromatic N) is 4. The SMILES string of the molecule is CC(C)Oc1nc(NN)nc(OC(C)CN(C)C)n1. The van der Waals surface area contributed by atoms with Crippen LogP contribution < -0.4 is 20.7 Å². The molecule has 8 nitrogen and oxygen atoms in total. The van der Waals surface area contributed by atoms with Crippen molar-refractivity contribution in [2.24, 2.45) is 5.84 Å². The van der Waals surface area contributed by atoms with E-state index >= 15 is 0 Å². The summed E-state index contributed by atoms with van der Waals surface area (Å²) >= 11 is 0. The molecule has 1 unspecified atom stereocenters. The largest absolute Gasteiger partial charge is 0.461 e. The van der Waals surface area contributed by atoms with Crippen molar-refractivity contribution in [1.29, 1.82) is 0 Å². The highest BCUT2D eigenvalue weighted by Crippen LogP contribution is 2.14. The Morgan fingerprint density at radius 3 is 2.16 bits per heavy atom. The maximum absolute atomic E-state index is 5.61. The number of rotatable bonds is 7. The van der Waals surface area contributed by atoms with Crippen LogP contribution in [0.25, 0.3) is 0 Å². The number of anilines is 1. The summed E-state index contributed by atoms with van der Waals surface area (Å²) < 4.78 is 11.0. The number of aromatic nitrogens is 3. The van der Waals surface area contributed by atoms with Crippen molar-refractivity contribution < 1.29 is 9.47 Å². The molecule has 0 aromatic carbocycles. The summed E-state index contributed by atoms with van der Waals surface area (Å²) in [5.74, 6) is 5.51. The van der Waals surface area contributed by atoms with E-state index in [2.05, 4.69) is 20.4 Å². The van der Waals surface area contributed by atoms with Crippen molar-refractivity contribution in [1.82, 2.24) is 19.9 Å². The quantitative estimate of drug-likeness (QED) is 0.538. The molecule has 1 aromatic rings. The van der Waals surface area contributed by atoms with E-state index in [0.717, 1.165) is 6.54 Å². The van der Waals surface area contributed by atoms with Crippen molar-refractivity contribution in [3.8, 4) is 12.0 Å². The average molecular weight is 270 g/mol. The molecule has 0 amide bonds. The van der Waals surface area contributed by atoms with Crippen LogP contribution in [0.3, 0.4) is 0 Å². The summed E-state index contributed by atoms with van der Waals surface area (Å²) in [7, 11) is 3.93. The number of hydrazine groups is 1. The van der Waals surface area contributed by atoms with Crippen molar-refractivity contribution >= 4 is 5.95 Å². The number of hydrogen-bond acceptors (Lipinski definition) is 8. The third kappa shape index (κ3) is 5.66. The van der Waals surface area contributed by atoms with Gasteiger partial charge in [-0.25, -0.2) is 5.84 Å². The fourth-order valence-corrected chi connectivity index (χ4v) is 1.45. The number of nitrogens with two attached hydrogens (primary N) is 1. The van der Waals surface area contributed by atoms with Gasteiger partial charge in [0.15, 0.2) is 0 Å². The summed E-state index contributed by atoms with van der Waals surface area (Å²) in [5.41, 5.74) is 2.36. The van der Waals surface area contributed by atoms with Crippen LogP contribution in [0.5, 0.6) is 12.0 Å². The van der Waals surface area contributed by atoms with Crippen LogP contribution in [-0.2, 0) is 0 Å². The summed E-state index contributed by atoms with van der Waals surface area (Å²) in [6.45, 7) is 6.45. The molecule has 3 N–H and O–H groups in total. The molecule has 0 spiro atoms. The smallest absolute Gasteiger partial charge is 0.324 e. The van der Waals surface area contributed by atoms with Crippen molar-refractivity contribution in [3.05, 3.63) is 0 Å². The van der Waals surface area contributed by atoms with Crippen molar-refractivity contribution in [3.63, 3.8) is 0 Å². The van der Waals surface area contributed by atoms with E-state index in [1.165, 1.54) is 0 Å². The Morgan fingerprint density at radius 1 is 1.11 bits per heavy atom. The van der Waals surface area contributed by atoms with Gasteiger partial charge in [0.05, 0.1) is 6.10 Å². The van der Waals surface area contributed by atoms with E-state index in [1.807, 2.05) is 39.8 Å². The van der Waals surface area contributed by atoms with Gasteiger partial charge in [0.25, 0.3) is 0 Å². The Labute approximate surface area is 113 Å². The van der Waals surface area contributed by atoms with E-state index < -0.39 is 0 Å². The lowest BCUT2D eigenvalue weighted by molar-refractivity contribution is 0.157. The molecule has 108 valence electrons. The molecule has 1 rings (SSSR count). The standard InChI is InChI=1S/C11H22N6O2/c1-7(2)18-10-13-9(16-12)14-11(15-10)19-8(3)6-17(4)5/h7-8H,6,12H2,1-5H3,(H,13,14,15,16). The van der Waals surface area contributed by atoms with Gasteiger partial charge in [-0.05, 0) is 34.9 Å². The maximum Gasteiger partial charge on any atom is 0.324 e. The molecule has 0 bridgehead atoms. The first kappa shape index (κ1) is 15.4. The molecule has 1 aromatic heterocycles. The van der Waals surface area contributed by atoms with Crippen LogP contribution in [0.15, 0.2) is 0 Å². The minimum Gasteiger partial charge on any atom is -0.461 e. The van der Waals surface area contributed by atoms with Gasteiger partial charge < -0.3 is 14.4 Å². The van der Waals surface area contributed by atoms with E-state index in [-0.39, 0.29) is 30.2 Å². The van der Waals surface area contributed by atoms with Gasteiger partial charge in [-0.15, -0.1) is 4.98 Å². The predicted octanol–water partition coefficient (Wildman–Crippen LogP) is 0.273. The van der Waals surface area contributed by atoms with E-state index in [0.29, 0.717) is 0 Å². The number of nitrogens with one attached hydrogen (secondary N) is 1. The number of nitrogen functional groups attached to an aromatic ring is 1. The van der Waals surface area contributed by atoms with Gasteiger partial charge in [-0.2, -0.15) is 9.97 Å². The molecule has 1 heterocycles. The third-order valence-corrected chi connectivity index (χ3v) is 1.99. The first-order valence-electron chi connectivity index (χ1n) is 6.11. The zero-order valence-corrected chi connectivity index (χ0v) is 12.0. The third-order valence-electron chi connectivity index (χ3n) is 1.99. The number of hydrogen-bond donors (Lipinski definition) is 2.